The summed E-state index contributed by atoms with van der Waals surface area (Å²) in [4.78, 5) is 42.0. The number of carbonyl (C=O) groups excluding carboxylic acids is 3. The molecule has 1 aromatic rings. The van der Waals surface area contributed by atoms with E-state index in [0.29, 0.717) is 19.5 Å². The smallest absolute Gasteiger partial charge is 0.410 e. The van der Waals surface area contributed by atoms with E-state index in [-0.39, 0.29) is 31.7 Å². The van der Waals surface area contributed by atoms with Gasteiger partial charge < -0.3 is 14.4 Å². The summed E-state index contributed by atoms with van der Waals surface area (Å²) in [6.45, 7) is 3.60. The molecule has 0 unspecified atom stereocenters. The molecule has 4 rings (SSSR count). The quantitative estimate of drug-likeness (QED) is 0.600. The molecular weight excluding hydrogens is 484 g/mol. The average molecular weight is 520 g/mol. The van der Waals surface area contributed by atoms with Gasteiger partial charge in [-0.25, -0.2) is 18.4 Å². The standard InChI is InChI=1S/C27H35F2N3O5/c1-17(2)23-24(33)32-14-20(12-22(32)25(34)36-3)37-26(35)31-13-19-10-7-9-18(21(19)15-31)8-5-4-6-11-27(28,29)16-30-23/h5,7-10,17,20,22-23,30H,4,6,11-16H2,1-3H3/b8-5+/t20-,22+,23+/m1/s1. The Bertz CT molecular complexity index is 1060. The summed E-state index contributed by atoms with van der Waals surface area (Å²) in [5.41, 5.74) is 2.95. The van der Waals surface area contributed by atoms with Gasteiger partial charge in [0.2, 0.25) is 5.91 Å². The predicted molar refractivity (Wildman–Crippen MR) is 133 cm³/mol. The lowest BCUT2D eigenvalue weighted by Gasteiger charge is -2.31. The van der Waals surface area contributed by atoms with Crippen molar-refractivity contribution in [3.05, 3.63) is 41.0 Å². The van der Waals surface area contributed by atoms with Crippen LogP contribution in [0.1, 0.15) is 56.2 Å². The maximum atomic E-state index is 14.7. The molecule has 0 radical (unpaired) electrons. The number of methoxy groups -OCH3 is 1. The maximum Gasteiger partial charge on any atom is 0.410 e. The van der Waals surface area contributed by atoms with Crippen LogP contribution >= 0.6 is 0 Å². The van der Waals surface area contributed by atoms with E-state index < -0.39 is 48.6 Å². The Morgan fingerprint density at radius 1 is 1.24 bits per heavy atom. The Kier molecular flexibility index (Phi) is 8.16. The minimum absolute atomic E-state index is 0.0135. The van der Waals surface area contributed by atoms with Gasteiger partial charge in [-0.1, -0.05) is 44.2 Å². The summed E-state index contributed by atoms with van der Waals surface area (Å²) in [5.74, 6) is -4.42. The van der Waals surface area contributed by atoms with Gasteiger partial charge in [-0.3, -0.25) is 15.0 Å². The van der Waals surface area contributed by atoms with Crippen LogP contribution in [0.3, 0.4) is 0 Å². The van der Waals surface area contributed by atoms with E-state index in [1.807, 2.05) is 30.4 Å². The van der Waals surface area contributed by atoms with E-state index in [1.165, 1.54) is 12.0 Å². The van der Waals surface area contributed by atoms with E-state index in [2.05, 4.69) is 5.32 Å². The second kappa shape index (κ2) is 11.2. The van der Waals surface area contributed by atoms with E-state index in [9.17, 15) is 23.2 Å². The largest absolute Gasteiger partial charge is 0.467 e. The van der Waals surface area contributed by atoms with Crippen LogP contribution in [0.2, 0.25) is 0 Å². The Hall–Kier alpha value is -3.01. The Morgan fingerprint density at radius 2 is 2.03 bits per heavy atom. The first-order valence-electron chi connectivity index (χ1n) is 12.8. The number of benzene rings is 1. The lowest BCUT2D eigenvalue weighted by atomic mass is 10.0. The van der Waals surface area contributed by atoms with Crippen molar-refractivity contribution in [2.45, 2.75) is 76.7 Å². The third-order valence-corrected chi connectivity index (χ3v) is 7.29. The predicted octanol–water partition coefficient (Wildman–Crippen LogP) is 3.73. The number of esters is 1. The van der Waals surface area contributed by atoms with Crippen LogP contribution in [0.15, 0.2) is 24.3 Å². The zero-order valence-electron chi connectivity index (χ0n) is 21.5. The van der Waals surface area contributed by atoms with Gasteiger partial charge in [-0.15, -0.1) is 0 Å². The number of carbonyl (C=O) groups is 3. The molecule has 202 valence electrons. The number of amides is 2. The Labute approximate surface area is 216 Å². The zero-order valence-corrected chi connectivity index (χ0v) is 21.5. The Balaban J connectivity index is 1.62. The molecule has 4 bridgehead atoms. The van der Waals surface area contributed by atoms with Crippen LogP contribution in [-0.2, 0) is 32.2 Å². The van der Waals surface area contributed by atoms with Crippen LogP contribution in [-0.4, -0.2) is 72.1 Å². The van der Waals surface area contributed by atoms with Crippen LogP contribution in [0.4, 0.5) is 13.6 Å². The molecule has 2 amide bonds. The van der Waals surface area contributed by atoms with Crippen molar-refractivity contribution in [1.82, 2.24) is 15.1 Å². The highest BCUT2D eigenvalue weighted by atomic mass is 19.3. The average Bonchev–Trinajstić information content (AvgIpc) is 3.47. The van der Waals surface area contributed by atoms with Crippen molar-refractivity contribution < 1.29 is 32.6 Å². The number of hydrogen-bond donors (Lipinski definition) is 1. The molecule has 0 saturated carbocycles. The third-order valence-electron chi connectivity index (χ3n) is 7.29. The molecule has 37 heavy (non-hydrogen) atoms. The molecule has 0 spiro atoms. The normalized spacial score (nSPS) is 27.4. The highest BCUT2D eigenvalue weighted by Crippen LogP contribution is 2.30. The lowest BCUT2D eigenvalue weighted by molar-refractivity contribution is -0.152. The molecule has 3 aliphatic rings. The highest BCUT2D eigenvalue weighted by Gasteiger charge is 2.45. The summed E-state index contributed by atoms with van der Waals surface area (Å²) in [5, 5.41) is 2.74. The second-order valence-electron chi connectivity index (χ2n) is 10.4. The second-order valence-corrected chi connectivity index (χ2v) is 10.4. The number of nitrogens with zero attached hydrogens (tertiary/aromatic N) is 2. The van der Waals surface area contributed by atoms with Crippen LogP contribution in [0, 0.1) is 5.92 Å². The van der Waals surface area contributed by atoms with Crippen molar-refractivity contribution in [3.63, 3.8) is 0 Å². The SMILES string of the molecule is COC(=O)[C@@H]1C[C@@H]2CN1C(=O)[C@H](C(C)C)NCC(F)(F)CCC/C=C/c1cccc3c1CN(C3)C(=O)O2. The molecule has 8 nitrogen and oxygen atoms in total. The molecule has 3 aliphatic heterocycles. The fraction of sp³-hybridized carbons (Fsp3) is 0.593. The molecule has 10 heteroatoms. The van der Waals surface area contributed by atoms with E-state index in [1.54, 1.807) is 18.7 Å². The van der Waals surface area contributed by atoms with Crippen molar-refractivity contribution in [3.8, 4) is 0 Å². The molecule has 1 aromatic carbocycles. The molecule has 0 aromatic heterocycles. The van der Waals surface area contributed by atoms with Gasteiger partial charge in [-0.05, 0) is 35.4 Å². The fourth-order valence-corrected chi connectivity index (χ4v) is 5.26. The molecule has 1 saturated heterocycles. The fourth-order valence-electron chi connectivity index (χ4n) is 5.26. The Morgan fingerprint density at radius 3 is 2.76 bits per heavy atom. The summed E-state index contributed by atoms with van der Waals surface area (Å²) >= 11 is 0. The van der Waals surface area contributed by atoms with Crippen molar-refractivity contribution in [1.29, 1.82) is 0 Å². The molecule has 0 aliphatic carbocycles. The van der Waals surface area contributed by atoms with Crippen molar-refractivity contribution in [2.24, 2.45) is 5.92 Å². The summed E-state index contributed by atoms with van der Waals surface area (Å²) in [7, 11) is 1.22. The topological polar surface area (TPSA) is 88.2 Å². The number of halogens is 2. The number of ether oxygens (including phenoxy) is 2. The van der Waals surface area contributed by atoms with Gasteiger partial charge >= 0.3 is 12.1 Å². The van der Waals surface area contributed by atoms with Gasteiger partial charge in [0.15, 0.2) is 0 Å². The van der Waals surface area contributed by atoms with Crippen LogP contribution in [0.25, 0.3) is 6.08 Å². The van der Waals surface area contributed by atoms with Gasteiger partial charge in [0.1, 0.15) is 12.1 Å². The number of nitrogens with one attached hydrogen (secondary N) is 1. The minimum atomic E-state index is -3.00. The summed E-state index contributed by atoms with van der Waals surface area (Å²) in [6, 6.07) is 3.91. The zero-order chi connectivity index (χ0) is 26.7. The van der Waals surface area contributed by atoms with Crippen molar-refractivity contribution in [2.75, 3.05) is 20.2 Å². The van der Waals surface area contributed by atoms with E-state index >= 15 is 0 Å². The van der Waals surface area contributed by atoms with Crippen molar-refractivity contribution >= 4 is 24.0 Å². The molecule has 1 N–H and O–H groups in total. The number of rotatable bonds is 2. The highest BCUT2D eigenvalue weighted by molar-refractivity contribution is 5.88. The first-order valence-corrected chi connectivity index (χ1v) is 12.8. The van der Waals surface area contributed by atoms with Crippen LogP contribution in [0.5, 0.6) is 0 Å². The maximum absolute atomic E-state index is 14.7. The molecule has 1 fully saturated rings. The summed E-state index contributed by atoms with van der Waals surface area (Å²) in [6.07, 6.45) is 3.09. The lowest BCUT2D eigenvalue weighted by Crippen LogP contribution is -2.54. The molecular formula is C27H35F2N3O5. The van der Waals surface area contributed by atoms with Gasteiger partial charge in [0.25, 0.3) is 5.92 Å². The number of alkyl halides is 2. The van der Waals surface area contributed by atoms with Gasteiger partial charge in [-0.2, -0.15) is 0 Å². The molecule has 3 heterocycles. The first kappa shape index (κ1) is 27.0. The van der Waals surface area contributed by atoms with Crippen LogP contribution < -0.4 is 5.32 Å². The number of hydrogen-bond acceptors (Lipinski definition) is 6. The monoisotopic (exact) mass is 519 g/mol. The first-order chi connectivity index (χ1) is 17.6. The molecule has 3 atom stereocenters. The number of allylic oxidation sites excluding steroid dienone is 1. The van der Waals surface area contributed by atoms with E-state index in [4.69, 9.17) is 9.47 Å². The third kappa shape index (κ3) is 6.11. The minimum Gasteiger partial charge on any atom is -0.467 e. The number of fused-ring (bicyclic) bond motifs is 3. The summed E-state index contributed by atoms with van der Waals surface area (Å²) < 4.78 is 40.0. The van der Waals surface area contributed by atoms with E-state index in [0.717, 1.165) is 16.7 Å². The van der Waals surface area contributed by atoms with Gasteiger partial charge in [0, 0.05) is 19.4 Å². The van der Waals surface area contributed by atoms with Gasteiger partial charge in [0.05, 0.1) is 32.8 Å².